The summed E-state index contributed by atoms with van der Waals surface area (Å²) in [6.07, 6.45) is 2.36. The average Bonchev–Trinajstić information content (AvgIpc) is 3.71. The van der Waals surface area contributed by atoms with E-state index >= 15 is 4.11 Å². The molecule has 1 unspecified atom stereocenters. The van der Waals surface area contributed by atoms with Gasteiger partial charge in [-0.25, -0.2) is 0 Å². The Morgan fingerprint density at radius 2 is 1.77 bits per heavy atom. The van der Waals surface area contributed by atoms with Gasteiger partial charge in [-0.1, -0.05) is 72.8 Å². The van der Waals surface area contributed by atoms with E-state index in [1.54, 1.807) is 27.6 Å². The first-order valence-electron chi connectivity index (χ1n) is 16.3. The maximum Gasteiger partial charge on any atom is 0.264 e. The molecule has 1 N–H and O–H groups in total. The molecule has 3 aliphatic heterocycles. The molecule has 0 aliphatic carbocycles. The summed E-state index contributed by atoms with van der Waals surface area (Å²) in [5.41, 5.74) is 3.23. The fraction of sp³-hybridized carbons (Fsp3) is 0.389. The van der Waals surface area contributed by atoms with E-state index in [1.807, 2.05) is 92.0 Å². The van der Waals surface area contributed by atoms with Crippen molar-refractivity contribution in [2.45, 2.75) is 69.1 Å². The Labute approximate surface area is 275 Å². The Balaban J connectivity index is 1.14. The smallest absolute Gasteiger partial charge is 0.264 e. The zero-order chi connectivity index (χ0) is 32.9. The van der Waals surface area contributed by atoms with Crippen molar-refractivity contribution in [1.29, 1.82) is 0 Å². The van der Waals surface area contributed by atoms with Gasteiger partial charge in [0.2, 0.25) is 14.3 Å². The van der Waals surface area contributed by atoms with Crippen LogP contribution in [0.4, 0.5) is 15.5 Å². The van der Waals surface area contributed by atoms with E-state index in [4.69, 9.17) is 4.74 Å². The number of halogens is 1. The molecule has 2 fully saturated rings. The number of aliphatic hydroxyl groups is 1. The van der Waals surface area contributed by atoms with Crippen LogP contribution < -0.4 is 9.80 Å². The van der Waals surface area contributed by atoms with Crippen LogP contribution in [0.5, 0.6) is 0 Å². The van der Waals surface area contributed by atoms with Crippen LogP contribution in [0.15, 0.2) is 85.1 Å². The third-order valence-corrected chi connectivity index (χ3v) is 12.7. The Hall–Kier alpha value is -4.19. The fourth-order valence-corrected chi connectivity index (χ4v) is 10.4. The second-order valence-corrected chi connectivity index (χ2v) is 17.3. The van der Waals surface area contributed by atoms with Gasteiger partial charge >= 0.3 is 0 Å². The van der Waals surface area contributed by atoms with Gasteiger partial charge < -0.3 is 23.8 Å². The van der Waals surface area contributed by atoms with E-state index in [1.165, 1.54) is 0 Å². The van der Waals surface area contributed by atoms with E-state index in [0.29, 0.717) is 31.6 Å². The van der Waals surface area contributed by atoms with Gasteiger partial charge in [0.1, 0.15) is 0 Å². The third kappa shape index (κ3) is 5.40. The van der Waals surface area contributed by atoms with Gasteiger partial charge in [-0.3, -0.25) is 14.3 Å². The first-order chi connectivity index (χ1) is 22.6. The molecule has 11 heteroatoms. The summed E-state index contributed by atoms with van der Waals surface area (Å²) in [7, 11) is -3.32. The van der Waals surface area contributed by atoms with Crippen LogP contribution in [0.1, 0.15) is 48.1 Å². The second kappa shape index (κ2) is 12.1. The van der Waals surface area contributed by atoms with Crippen LogP contribution in [0, 0.1) is 5.92 Å². The van der Waals surface area contributed by atoms with Gasteiger partial charge in [0, 0.05) is 48.4 Å². The number of carbonyl (C=O) groups is 2. The molecule has 9 nitrogen and oxygen atoms in total. The monoisotopic (exact) mass is 653 g/mol. The lowest BCUT2D eigenvalue weighted by Crippen LogP contribution is -2.45. The molecule has 2 saturated heterocycles. The zero-order valence-corrected chi connectivity index (χ0v) is 27.9. The molecule has 2 amide bonds. The Bertz CT molecular complexity index is 1780. The predicted octanol–water partition coefficient (Wildman–Crippen LogP) is 5.55. The minimum absolute atomic E-state index is 0.0987. The molecular formula is C36H40FN5O4Si. The molecule has 244 valence electrons. The van der Waals surface area contributed by atoms with E-state index < -0.39 is 25.7 Å². The quantitative estimate of drug-likeness (QED) is 0.137. The number of fused-ring (bicyclic) bond motifs is 2. The van der Waals surface area contributed by atoms with Gasteiger partial charge in [-0.05, 0) is 48.8 Å². The summed E-state index contributed by atoms with van der Waals surface area (Å²) in [6.45, 7) is 6.77. The van der Waals surface area contributed by atoms with Gasteiger partial charge in [0.05, 0.1) is 36.6 Å². The van der Waals surface area contributed by atoms with Crippen LogP contribution in [0.2, 0.25) is 18.6 Å². The minimum Gasteiger partial charge on any atom is -0.395 e. The first-order valence-corrected chi connectivity index (χ1v) is 19.3. The summed E-state index contributed by atoms with van der Waals surface area (Å²) >= 11 is 0. The molecule has 47 heavy (non-hydrogen) atoms. The first kappa shape index (κ1) is 31.4. The van der Waals surface area contributed by atoms with Crippen LogP contribution in [0.3, 0.4) is 0 Å². The number of ether oxygens (including phenoxy) is 1. The van der Waals surface area contributed by atoms with Crippen molar-refractivity contribution in [1.82, 2.24) is 15.0 Å². The Morgan fingerprint density at radius 3 is 2.43 bits per heavy atom. The molecule has 1 spiro atoms. The number of carbonyl (C=O) groups excluding carboxylic acids is 2. The number of aryl methyl sites for hydroxylation is 1. The summed E-state index contributed by atoms with van der Waals surface area (Å²) in [5.74, 6) is -0.740. The molecule has 4 aromatic rings. The number of amides is 2. The highest BCUT2D eigenvalue weighted by atomic mass is 28.4. The largest absolute Gasteiger partial charge is 0.395 e. The van der Waals surface area contributed by atoms with Gasteiger partial charge in [-0.2, -0.15) is 0 Å². The second-order valence-electron chi connectivity index (χ2n) is 13.5. The van der Waals surface area contributed by atoms with Gasteiger partial charge in [-0.15, -0.1) is 5.10 Å². The topological polar surface area (TPSA) is 101 Å². The minimum atomic E-state index is -3.32. The number of anilines is 2. The van der Waals surface area contributed by atoms with Crippen molar-refractivity contribution < 1.29 is 23.5 Å². The Morgan fingerprint density at radius 1 is 1.04 bits per heavy atom. The molecule has 0 saturated carbocycles. The number of benzene rings is 3. The van der Waals surface area contributed by atoms with Crippen LogP contribution in [-0.4, -0.2) is 59.6 Å². The molecule has 0 radical (unpaired) electrons. The van der Waals surface area contributed by atoms with Crippen molar-refractivity contribution in [3.63, 3.8) is 0 Å². The summed E-state index contributed by atoms with van der Waals surface area (Å²) in [4.78, 5) is 30.0. The average molecular weight is 654 g/mol. The van der Waals surface area contributed by atoms with E-state index in [2.05, 4.69) is 10.3 Å². The number of para-hydroxylation sites is 1. The molecule has 1 aromatic heterocycles. The molecule has 4 heterocycles. The molecule has 7 rings (SSSR count). The van der Waals surface area contributed by atoms with E-state index in [9.17, 15) is 14.7 Å². The molecular weight excluding hydrogens is 614 g/mol. The number of nitrogens with zero attached hydrogens (tertiary/aromatic N) is 5. The summed E-state index contributed by atoms with van der Waals surface area (Å²) in [6, 6.07) is 25.1. The highest BCUT2D eigenvalue weighted by molar-refractivity contribution is 6.72. The van der Waals surface area contributed by atoms with E-state index in [-0.39, 0.29) is 30.3 Å². The summed E-state index contributed by atoms with van der Waals surface area (Å²) < 4.78 is 24.9. The van der Waals surface area contributed by atoms with Crippen molar-refractivity contribution in [2.24, 2.45) is 5.92 Å². The maximum atomic E-state index is 16.3. The van der Waals surface area contributed by atoms with Gasteiger partial charge in [0.25, 0.3) is 5.91 Å². The SMILES string of the molecule is C[C@H]1[C@H]([Si](C)(C)F)[C@@H](CCn2cc(C(CO)c3ccccc3)nn2)O[C@]12C(=O)N(Cc1ccc(N3CCC3=O)cc1)c1ccccc12. The zero-order valence-electron chi connectivity index (χ0n) is 26.9. The molecule has 3 aliphatic rings. The highest BCUT2D eigenvalue weighted by Crippen LogP contribution is 2.60. The summed E-state index contributed by atoms with van der Waals surface area (Å²) in [5, 5.41) is 18.8. The maximum absolute atomic E-state index is 16.3. The van der Waals surface area contributed by atoms with E-state index in [0.717, 1.165) is 34.6 Å². The van der Waals surface area contributed by atoms with Gasteiger partial charge in [0.15, 0.2) is 5.60 Å². The molecule has 0 bridgehead atoms. The lowest BCUT2D eigenvalue weighted by Gasteiger charge is -2.31. The fourth-order valence-electron chi connectivity index (χ4n) is 7.88. The van der Waals surface area contributed by atoms with Crippen molar-refractivity contribution in [3.05, 3.63) is 107 Å². The number of rotatable bonds is 10. The number of hydrogen-bond acceptors (Lipinski definition) is 6. The van der Waals surface area contributed by atoms with Crippen molar-refractivity contribution >= 4 is 31.6 Å². The van der Waals surface area contributed by atoms with Crippen LogP contribution in [0.25, 0.3) is 0 Å². The van der Waals surface area contributed by atoms with Crippen molar-refractivity contribution in [3.8, 4) is 0 Å². The Kier molecular flexibility index (Phi) is 8.10. The predicted molar refractivity (Wildman–Crippen MR) is 179 cm³/mol. The van der Waals surface area contributed by atoms with Crippen LogP contribution >= 0.6 is 0 Å². The van der Waals surface area contributed by atoms with Crippen LogP contribution in [-0.2, 0) is 33.0 Å². The standard InChI is InChI=1S/C36H40FN5O4Si/c1-24-34(47(2,3)37)32(17-19-40-22-30(38-39-40)28(23-43)26-9-5-4-6-10-26)46-36(24)29-11-7-8-12-31(29)42(35(36)45)21-25-13-15-27(16-14-25)41-20-18-33(41)44/h4-16,22,24,28,32,34,43H,17-21,23H2,1-3H3/t24-,28?,32+,34-,36+/m0/s1. The molecule has 3 aromatic carbocycles. The number of aliphatic hydroxyl groups excluding tert-OH is 1. The molecule has 5 atom stereocenters. The lowest BCUT2D eigenvalue weighted by atomic mass is 9.82. The normalized spacial score (nSPS) is 24.6. The number of hydrogen-bond donors (Lipinski definition) is 1. The third-order valence-electron chi connectivity index (χ3n) is 10.2. The highest BCUT2D eigenvalue weighted by Gasteiger charge is 2.66. The van der Waals surface area contributed by atoms with Crippen molar-refractivity contribution in [2.75, 3.05) is 23.0 Å². The number of β-lactam (4-membered cyclic amide) rings is 1. The lowest BCUT2D eigenvalue weighted by molar-refractivity contribution is -0.146. The number of aromatic nitrogens is 3.